The molecule has 58 heavy (non-hydrogen) atoms. The van der Waals surface area contributed by atoms with Crippen molar-refractivity contribution in [3.63, 3.8) is 0 Å². The van der Waals surface area contributed by atoms with Crippen LogP contribution in [-0.4, -0.2) is 51.4 Å². The predicted octanol–water partition coefficient (Wildman–Crippen LogP) is 10.2. The zero-order valence-electron chi connectivity index (χ0n) is 33.0. The Morgan fingerprint density at radius 2 is 1.12 bits per heavy atom. The quantitative estimate of drug-likeness (QED) is 0.0206. The number of ether oxygens (including phenoxy) is 2. The molecule has 0 heterocycles. The lowest BCUT2D eigenvalue weighted by atomic mass is 10.1. The van der Waals surface area contributed by atoms with Gasteiger partial charge in [0.1, 0.15) is 24.7 Å². The SMILES string of the molecule is CCCCC/C=C\C/C=C\CCCCCCCC(=O)Nc1ccc(NC(=O)c2cccc(O)c2O)c(OCCOc2ccccc2NC(=O)c2cccc(O)c2O)c1. The molecule has 0 radical (unpaired) electrons. The third-order valence-electron chi connectivity index (χ3n) is 9.12. The van der Waals surface area contributed by atoms with Crippen LogP contribution in [0.15, 0.2) is 103 Å². The number of phenols is 4. The van der Waals surface area contributed by atoms with Crippen molar-refractivity contribution in [2.75, 3.05) is 29.2 Å². The highest BCUT2D eigenvalue weighted by Gasteiger charge is 2.18. The summed E-state index contributed by atoms with van der Waals surface area (Å²) >= 11 is 0. The van der Waals surface area contributed by atoms with E-state index in [1.807, 2.05) is 0 Å². The summed E-state index contributed by atoms with van der Waals surface area (Å²) < 4.78 is 11.9. The van der Waals surface area contributed by atoms with Crippen molar-refractivity contribution >= 4 is 34.8 Å². The average Bonchev–Trinajstić information content (AvgIpc) is 3.21. The van der Waals surface area contributed by atoms with Gasteiger partial charge in [-0.05, 0) is 87.1 Å². The maximum atomic E-state index is 13.1. The Kier molecular flexibility index (Phi) is 18.5. The Labute approximate surface area is 340 Å². The van der Waals surface area contributed by atoms with Gasteiger partial charge in [0.25, 0.3) is 11.8 Å². The molecular weight excluding hydrogens is 739 g/mol. The molecule has 0 aliphatic heterocycles. The Bertz CT molecular complexity index is 2010. The third-order valence-corrected chi connectivity index (χ3v) is 9.12. The molecule has 0 atom stereocenters. The standard InChI is InChI=1S/C46H55N3O9/c1-2-3-4-5-6-7-8-9-10-11-12-13-14-15-16-27-42(52)47-33-28-29-37(49-46(56)35-22-20-25-39(51)44(35)54)41(32-33)58-31-30-57-40-26-18-17-23-36(40)48-45(55)34-21-19-24-38(50)43(34)53/h6-7,9-10,17-26,28-29,32,50-51,53-54H,2-5,8,11-16,27,30-31H2,1H3,(H,47,52)(H,48,55)(H,49,56)/b7-6-,10-9-. The first-order chi connectivity index (χ1) is 28.2. The number of benzene rings is 4. The highest BCUT2D eigenvalue weighted by Crippen LogP contribution is 2.33. The normalized spacial score (nSPS) is 11.1. The minimum atomic E-state index is -0.699. The molecule has 308 valence electrons. The van der Waals surface area contributed by atoms with Gasteiger partial charge in [-0.3, -0.25) is 14.4 Å². The molecule has 0 spiro atoms. The van der Waals surface area contributed by atoms with Crippen molar-refractivity contribution in [3.05, 3.63) is 114 Å². The van der Waals surface area contributed by atoms with Crippen LogP contribution in [0.4, 0.5) is 17.1 Å². The van der Waals surface area contributed by atoms with Gasteiger partial charge < -0.3 is 45.9 Å². The van der Waals surface area contributed by atoms with Gasteiger partial charge in [-0.1, -0.05) is 87.6 Å². The summed E-state index contributed by atoms with van der Waals surface area (Å²) in [5.41, 5.74) is 0.720. The molecular formula is C46H55N3O9. The van der Waals surface area contributed by atoms with Crippen molar-refractivity contribution in [2.24, 2.45) is 0 Å². The molecule has 0 saturated heterocycles. The van der Waals surface area contributed by atoms with Crippen molar-refractivity contribution in [2.45, 2.75) is 84.0 Å². The van der Waals surface area contributed by atoms with Crippen molar-refractivity contribution in [1.29, 1.82) is 0 Å². The number of phenolic OH excluding ortho intramolecular Hbond substituents is 4. The summed E-state index contributed by atoms with van der Waals surface area (Å²) in [6.45, 7) is 2.18. The number of hydrogen-bond donors (Lipinski definition) is 7. The lowest BCUT2D eigenvalue weighted by Crippen LogP contribution is -2.16. The topological polar surface area (TPSA) is 187 Å². The molecule has 4 aromatic rings. The molecule has 0 aromatic heterocycles. The number of amides is 3. The van der Waals surface area contributed by atoms with E-state index in [0.29, 0.717) is 23.5 Å². The second-order valence-electron chi connectivity index (χ2n) is 13.7. The molecule has 0 bridgehead atoms. The molecule has 4 aromatic carbocycles. The maximum absolute atomic E-state index is 13.1. The van der Waals surface area contributed by atoms with Gasteiger partial charge in [0.05, 0.1) is 22.5 Å². The van der Waals surface area contributed by atoms with Gasteiger partial charge in [-0.15, -0.1) is 0 Å². The van der Waals surface area contributed by atoms with E-state index in [1.54, 1.807) is 42.5 Å². The van der Waals surface area contributed by atoms with Crippen molar-refractivity contribution in [1.82, 2.24) is 0 Å². The Hall–Kier alpha value is -6.43. The fourth-order valence-corrected chi connectivity index (χ4v) is 5.95. The summed E-state index contributed by atoms with van der Waals surface area (Å²) in [6, 6.07) is 19.5. The highest BCUT2D eigenvalue weighted by atomic mass is 16.5. The summed E-state index contributed by atoms with van der Waals surface area (Å²) in [7, 11) is 0. The van der Waals surface area contributed by atoms with Gasteiger partial charge in [0, 0.05) is 18.2 Å². The number of carbonyl (C=O) groups excluding carboxylic acids is 3. The number of anilines is 3. The Morgan fingerprint density at radius 1 is 0.569 bits per heavy atom. The smallest absolute Gasteiger partial charge is 0.259 e. The van der Waals surface area contributed by atoms with Crippen LogP contribution in [0.2, 0.25) is 0 Å². The number of allylic oxidation sites excluding steroid dienone is 4. The highest BCUT2D eigenvalue weighted by molar-refractivity contribution is 6.08. The molecule has 0 aliphatic rings. The van der Waals surface area contributed by atoms with E-state index < -0.39 is 34.8 Å². The monoisotopic (exact) mass is 793 g/mol. The largest absolute Gasteiger partial charge is 0.504 e. The number of nitrogens with one attached hydrogen (secondary N) is 3. The summed E-state index contributed by atoms with van der Waals surface area (Å²) in [4.78, 5) is 38.8. The van der Waals surface area contributed by atoms with E-state index in [4.69, 9.17) is 9.47 Å². The van der Waals surface area contributed by atoms with Crippen LogP contribution < -0.4 is 25.4 Å². The van der Waals surface area contributed by atoms with Gasteiger partial charge in [0.2, 0.25) is 5.91 Å². The fraction of sp³-hybridized carbons (Fsp3) is 0.326. The summed E-state index contributed by atoms with van der Waals surface area (Å²) in [5, 5.41) is 48.3. The predicted molar refractivity (Wildman–Crippen MR) is 227 cm³/mol. The van der Waals surface area contributed by atoms with Gasteiger partial charge in [-0.2, -0.15) is 0 Å². The number of carbonyl (C=O) groups is 3. The molecule has 4 rings (SSSR count). The number of hydrogen-bond acceptors (Lipinski definition) is 9. The first kappa shape index (κ1) is 44.3. The van der Waals surface area contributed by atoms with Crippen LogP contribution >= 0.6 is 0 Å². The Balaban J connectivity index is 1.29. The summed E-state index contributed by atoms with van der Waals surface area (Å²) in [6.07, 6.45) is 21.3. The molecule has 7 N–H and O–H groups in total. The van der Waals surface area contributed by atoms with E-state index in [1.165, 1.54) is 55.7 Å². The second kappa shape index (κ2) is 24.3. The van der Waals surface area contributed by atoms with E-state index >= 15 is 0 Å². The van der Waals surface area contributed by atoms with E-state index in [-0.39, 0.29) is 41.7 Å². The van der Waals surface area contributed by atoms with Crippen LogP contribution in [-0.2, 0) is 4.79 Å². The Morgan fingerprint density at radius 3 is 1.76 bits per heavy atom. The molecule has 0 fully saturated rings. The van der Waals surface area contributed by atoms with Crippen molar-refractivity contribution < 1.29 is 44.3 Å². The van der Waals surface area contributed by atoms with E-state index in [2.05, 4.69) is 47.2 Å². The van der Waals surface area contributed by atoms with E-state index in [0.717, 1.165) is 51.4 Å². The molecule has 0 unspecified atom stereocenters. The first-order valence-corrected chi connectivity index (χ1v) is 19.9. The maximum Gasteiger partial charge on any atom is 0.259 e. The lowest BCUT2D eigenvalue weighted by Gasteiger charge is -2.16. The third kappa shape index (κ3) is 14.6. The zero-order valence-corrected chi connectivity index (χ0v) is 33.0. The first-order valence-electron chi connectivity index (χ1n) is 19.9. The lowest BCUT2D eigenvalue weighted by molar-refractivity contribution is -0.116. The molecule has 12 nitrogen and oxygen atoms in total. The number of unbranched alkanes of at least 4 members (excludes halogenated alkanes) is 8. The van der Waals surface area contributed by atoms with Gasteiger partial charge in [-0.25, -0.2) is 0 Å². The molecule has 0 saturated carbocycles. The summed E-state index contributed by atoms with van der Waals surface area (Å²) in [5.74, 6) is -2.99. The molecule has 3 amide bonds. The molecule has 0 aliphatic carbocycles. The van der Waals surface area contributed by atoms with Crippen molar-refractivity contribution in [3.8, 4) is 34.5 Å². The zero-order chi connectivity index (χ0) is 41.5. The number of aromatic hydroxyl groups is 4. The van der Waals surface area contributed by atoms with Crippen LogP contribution in [0.25, 0.3) is 0 Å². The number of para-hydroxylation sites is 4. The van der Waals surface area contributed by atoms with E-state index in [9.17, 15) is 34.8 Å². The minimum Gasteiger partial charge on any atom is -0.504 e. The van der Waals surface area contributed by atoms with Crippen LogP contribution in [0.1, 0.15) is 105 Å². The van der Waals surface area contributed by atoms with Crippen LogP contribution in [0.5, 0.6) is 34.5 Å². The number of rotatable bonds is 24. The molecule has 12 heteroatoms. The minimum absolute atomic E-state index is 0.00555. The van der Waals surface area contributed by atoms with Gasteiger partial charge in [0.15, 0.2) is 23.0 Å². The average molecular weight is 794 g/mol. The van der Waals surface area contributed by atoms with Crippen LogP contribution in [0.3, 0.4) is 0 Å². The fourth-order valence-electron chi connectivity index (χ4n) is 5.95. The van der Waals surface area contributed by atoms with Gasteiger partial charge >= 0.3 is 0 Å². The van der Waals surface area contributed by atoms with Crippen LogP contribution in [0, 0.1) is 0 Å². The second-order valence-corrected chi connectivity index (χ2v) is 13.7.